The van der Waals surface area contributed by atoms with Crippen LogP contribution in [0.5, 0.6) is 0 Å². The second-order valence-corrected chi connectivity index (χ2v) is 8.44. The number of carbonyl (C=O) groups excluding carboxylic acids is 1. The second-order valence-electron chi connectivity index (χ2n) is 5.22. The van der Waals surface area contributed by atoms with Crippen LogP contribution in [0.3, 0.4) is 0 Å². The molecule has 1 amide bonds. The summed E-state index contributed by atoms with van der Waals surface area (Å²) in [5.41, 5.74) is 1.99. The van der Waals surface area contributed by atoms with E-state index in [-0.39, 0.29) is 16.7 Å². The lowest BCUT2D eigenvalue weighted by Gasteiger charge is -2.15. The summed E-state index contributed by atoms with van der Waals surface area (Å²) in [7, 11) is -0.578. The van der Waals surface area contributed by atoms with Crippen molar-refractivity contribution >= 4 is 27.3 Å². The summed E-state index contributed by atoms with van der Waals surface area (Å²) in [5.74, 6) is -0.349. The van der Waals surface area contributed by atoms with Crippen LogP contribution < -0.4 is 5.32 Å². The molecule has 0 atom stereocenters. The van der Waals surface area contributed by atoms with Crippen LogP contribution in [0.4, 0.5) is 0 Å². The van der Waals surface area contributed by atoms with Gasteiger partial charge >= 0.3 is 0 Å². The first kappa shape index (κ1) is 18.6. The van der Waals surface area contributed by atoms with Crippen LogP contribution >= 0.6 is 11.3 Å². The molecular weight excluding hydrogens is 348 g/mol. The Morgan fingerprint density at radius 2 is 1.88 bits per heavy atom. The smallest absolute Gasteiger partial charge is 0.252 e. The molecule has 130 valence electrons. The minimum Gasteiger partial charge on any atom is -0.380 e. The third kappa shape index (κ3) is 4.88. The Hall–Kier alpha value is -1.74. The van der Waals surface area contributed by atoms with Gasteiger partial charge in [-0.3, -0.25) is 4.79 Å². The predicted octanol–water partition coefficient (Wildman–Crippen LogP) is 1.83. The molecule has 24 heavy (non-hydrogen) atoms. The third-order valence-electron chi connectivity index (χ3n) is 3.35. The number of likely N-dealkylation sites (N-methyl/N-ethyl adjacent to an activating group) is 1. The Morgan fingerprint density at radius 3 is 2.46 bits per heavy atom. The van der Waals surface area contributed by atoms with E-state index in [9.17, 15) is 13.2 Å². The highest BCUT2D eigenvalue weighted by Crippen LogP contribution is 2.19. The highest BCUT2D eigenvalue weighted by molar-refractivity contribution is 7.91. The van der Waals surface area contributed by atoms with Gasteiger partial charge in [0.15, 0.2) is 0 Å². The minimum absolute atomic E-state index is 0.220. The van der Waals surface area contributed by atoms with E-state index in [1.807, 2.05) is 24.3 Å². The van der Waals surface area contributed by atoms with Gasteiger partial charge < -0.3 is 10.1 Å². The van der Waals surface area contributed by atoms with Crippen LogP contribution in [0, 0.1) is 0 Å². The van der Waals surface area contributed by atoms with Gasteiger partial charge in [-0.2, -0.15) is 4.31 Å². The maximum atomic E-state index is 12.2. The fourth-order valence-corrected chi connectivity index (χ4v) is 4.36. The molecule has 0 aliphatic rings. The van der Waals surface area contributed by atoms with Gasteiger partial charge in [-0.05, 0) is 22.6 Å². The Kier molecular flexibility index (Phi) is 6.50. The van der Waals surface area contributed by atoms with E-state index in [2.05, 4.69) is 5.32 Å². The molecule has 0 saturated heterocycles. The van der Waals surface area contributed by atoms with Crippen LogP contribution in [-0.2, 0) is 32.7 Å². The number of hydrogen-bond acceptors (Lipinski definition) is 5. The summed E-state index contributed by atoms with van der Waals surface area (Å²) in [6.45, 7) is 0.666. The van der Waals surface area contributed by atoms with E-state index in [0.29, 0.717) is 13.2 Å². The second kappa shape index (κ2) is 8.39. The van der Waals surface area contributed by atoms with E-state index >= 15 is 0 Å². The number of benzene rings is 1. The maximum Gasteiger partial charge on any atom is 0.252 e. The van der Waals surface area contributed by atoms with Crippen molar-refractivity contribution in [2.24, 2.45) is 0 Å². The van der Waals surface area contributed by atoms with Crippen LogP contribution in [-0.4, -0.2) is 39.3 Å². The average molecular weight is 368 g/mol. The third-order valence-corrected chi connectivity index (χ3v) is 6.53. The van der Waals surface area contributed by atoms with Crippen molar-refractivity contribution in [3.05, 3.63) is 52.9 Å². The lowest BCUT2D eigenvalue weighted by Crippen LogP contribution is -2.37. The molecule has 0 radical (unpaired) electrons. The summed E-state index contributed by atoms with van der Waals surface area (Å²) in [6, 6.07) is 10.9. The van der Waals surface area contributed by atoms with Gasteiger partial charge in [0.25, 0.3) is 10.0 Å². The predicted molar refractivity (Wildman–Crippen MR) is 93.1 cm³/mol. The normalized spacial score (nSPS) is 11.6. The maximum absolute atomic E-state index is 12.2. The number of methoxy groups -OCH3 is 1. The van der Waals surface area contributed by atoms with E-state index in [4.69, 9.17) is 4.74 Å². The molecule has 1 heterocycles. The molecule has 1 aromatic carbocycles. The number of hydrogen-bond donors (Lipinski definition) is 1. The molecule has 0 aliphatic heterocycles. The number of sulfonamides is 1. The first-order chi connectivity index (χ1) is 11.4. The number of amides is 1. The zero-order chi connectivity index (χ0) is 17.6. The highest BCUT2D eigenvalue weighted by atomic mass is 32.2. The van der Waals surface area contributed by atoms with Gasteiger partial charge in [0, 0.05) is 20.7 Å². The van der Waals surface area contributed by atoms with E-state index in [0.717, 1.165) is 26.8 Å². The molecule has 0 spiro atoms. The molecule has 0 saturated carbocycles. The Morgan fingerprint density at radius 1 is 1.21 bits per heavy atom. The lowest BCUT2D eigenvalue weighted by molar-refractivity contribution is -0.121. The van der Waals surface area contributed by atoms with Gasteiger partial charge in [0.05, 0.1) is 13.2 Å². The number of ether oxygens (including phenoxy) is 1. The molecule has 0 bridgehead atoms. The summed E-state index contributed by atoms with van der Waals surface area (Å²) in [6.07, 6.45) is 0. The fourth-order valence-electron chi connectivity index (χ4n) is 2.03. The number of thiophene rings is 1. The van der Waals surface area contributed by atoms with Crippen LogP contribution in [0.2, 0.25) is 0 Å². The highest BCUT2D eigenvalue weighted by Gasteiger charge is 2.23. The van der Waals surface area contributed by atoms with Crippen LogP contribution in [0.15, 0.2) is 46.0 Å². The van der Waals surface area contributed by atoms with Gasteiger partial charge in [0.2, 0.25) is 5.91 Å². The quantitative estimate of drug-likeness (QED) is 0.771. The SMILES string of the molecule is COCc1ccc(CNC(=O)CN(C)S(=O)(=O)c2cccs2)cc1. The Labute approximate surface area is 146 Å². The van der Waals surface area contributed by atoms with Gasteiger partial charge in [-0.1, -0.05) is 30.3 Å². The van der Waals surface area contributed by atoms with Crippen LogP contribution in [0.25, 0.3) is 0 Å². The van der Waals surface area contributed by atoms with Crippen molar-refractivity contribution in [1.82, 2.24) is 9.62 Å². The molecule has 2 rings (SSSR count). The summed E-state index contributed by atoms with van der Waals surface area (Å²) in [5, 5.41) is 4.41. The van der Waals surface area contributed by atoms with Gasteiger partial charge in [-0.25, -0.2) is 8.42 Å². The topological polar surface area (TPSA) is 75.7 Å². The molecule has 2 aromatic rings. The largest absolute Gasteiger partial charge is 0.380 e. The van der Waals surface area contributed by atoms with Crippen molar-refractivity contribution in [3.63, 3.8) is 0 Å². The van der Waals surface area contributed by atoms with Gasteiger partial charge in [0.1, 0.15) is 4.21 Å². The van der Waals surface area contributed by atoms with Crippen molar-refractivity contribution in [2.75, 3.05) is 20.7 Å². The van der Waals surface area contributed by atoms with Crippen molar-refractivity contribution in [2.45, 2.75) is 17.4 Å². The Balaban J connectivity index is 1.87. The first-order valence-corrected chi connectivity index (χ1v) is 9.58. The Bertz CT molecular complexity index is 756. The van der Waals surface area contributed by atoms with Crippen molar-refractivity contribution in [1.29, 1.82) is 0 Å². The molecule has 0 unspecified atom stereocenters. The number of carbonyl (C=O) groups is 1. The molecular formula is C16H20N2O4S2. The minimum atomic E-state index is -3.61. The molecule has 1 aromatic heterocycles. The zero-order valence-corrected chi connectivity index (χ0v) is 15.2. The summed E-state index contributed by atoms with van der Waals surface area (Å²) in [4.78, 5) is 12.0. The van der Waals surface area contributed by atoms with Crippen molar-refractivity contribution < 1.29 is 17.9 Å². The molecule has 0 fully saturated rings. The number of nitrogens with zero attached hydrogens (tertiary/aromatic N) is 1. The standard InChI is InChI=1S/C16H20N2O4S2/c1-18(24(20,21)16-4-3-9-23-16)11-15(19)17-10-13-5-7-14(8-6-13)12-22-2/h3-9H,10-12H2,1-2H3,(H,17,19). The van der Waals surface area contributed by atoms with E-state index < -0.39 is 10.0 Å². The lowest BCUT2D eigenvalue weighted by atomic mass is 10.1. The summed E-state index contributed by atoms with van der Waals surface area (Å²) >= 11 is 1.13. The van der Waals surface area contributed by atoms with E-state index in [1.165, 1.54) is 13.1 Å². The van der Waals surface area contributed by atoms with E-state index in [1.54, 1.807) is 18.6 Å². The first-order valence-electron chi connectivity index (χ1n) is 7.27. The summed E-state index contributed by atoms with van der Waals surface area (Å²) < 4.78 is 30.8. The van der Waals surface area contributed by atoms with Crippen LogP contribution in [0.1, 0.15) is 11.1 Å². The number of rotatable bonds is 8. The average Bonchev–Trinajstić information content (AvgIpc) is 3.09. The molecule has 6 nitrogen and oxygen atoms in total. The van der Waals surface area contributed by atoms with Gasteiger partial charge in [-0.15, -0.1) is 11.3 Å². The molecule has 1 N–H and O–H groups in total. The molecule has 8 heteroatoms. The zero-order valence-electron chi connectivity index (χ0n) is 13.6. The fraction of sp³-hybridized carbons (Fsp3) is 0.312. The van der Waals surface area contributed by atoms with Crippen molar-refractivity contribution in [3.8, 4) is 0 Å². The monoisotopic (exact) mass is 368 g/mol. The molecule has 0 aliphatic carbocycles. The number of nitrogens with one attached hydrogen (secondary N) is 1.